The highest BCUT2D eigenvalue weighted by Gasteiger charge is 2.27. The van der Waals surface area contributed by atoms with E-state index in [0.717, 1.165) is 38.2 Å². The predicted molar refractivity (Wildman–Crippen MR) is 104 cm³/mol. The molecule has 1 aliphatic heterocycles. The Labute approximate surface area is 155 Å². The molecule has 6 nitrogen and oxygen atoms in total. The fraction of sp³-hybridized carbons (Fsp3) is 0.600. The Morgan fingerprint density at radius 3 is 2.65 bits per heavy atom. The van der Waals surface area contributed by atoms with E-state index in [1.807, 2.05) is 19.9 Å². The highest BCUT2D eigenvalue weighted by molar-refractivity contribution is 6.24. The van der Waals surface area contributed by atoms with Gasteiger partial charge < -0.3 is 9.72 Å². The molecule has 0 bridgehead atoms. The maximum Gasteiger partial charge on any atom is 0.277 e. The van der Waals surface area contributed by atoms with Crippen LogP contribution in [0.2, 0.25) is 0 Å². The molecule has 2 N–H and O–H groups in total. The summed E-state index contributed by atoms with van der Waals surface area (Å²) in [5.74, 6) is 0.174. The summed E-state index contributed by atoms with van der Waals surface area (Å²) >= 11 is 0. The van der Waals surface area contributed by atoms with E-state index in [0.29, 0.717) is 11.5 Å². The molecule has 1 amide bonds. The lowest BCUT2D eigenvalue weighted by Gasteiger charge is -2.20. The molecule has 1 aliphatic carbocycles. The largest absolute Gasteiger partial charge is 0.473 e. The molecule has 0 spiro atoms. The molecule has 1 aromatic rings. The maximum absolute atomic E-state index is 12.3. The van der Waals surface area contributed by atoms with Crippen LogP contribution in [0.1, 0.15) is 63.1 Å². The van der Waals surface area contributed by atoms with Crippen LogP contribution < -0.4 is 5.43 Å². The van der Waals surface area contributed by atoms with Crippen LogP contribution in [0.5, 0.6) is 0 Å². The first-order valence-electron chi connectivity index (χ1n) is 9.75. The first-order chi connectivity index (χ1) is 12.5. The quantitative estimate of drug-likeness (QED) is 0.768. The van der Waals surface area contributed by atoms with E-state index in [4.69, 9.17) is 4.74 Å². The van der Waals surface area contributed by atoms with Crippen LogP contribution in [-0.4, -0.2) is 40.9 Å². The van der Waals surface area contributed by atoms with Crippen molar-refractivity contribution in [3.63, 3.8) is 0 Å². The van der Waals surface area contributed by atoms with Gasteiger partial charge in [-0.1, -0.05) is 13.8 Å². The second-order valence-electron chi connectivity index (χ2n) is 7.23. The SMILES string of the molecule is CCN(CC)Cc1c(/C=C2/C(=O)NN=C2OC(C)C)[nH]c2c1CCCC2. The highest BCUT2D eigenvalue weighted by Crippen LogP contribution is 2.30. The van der Waals surface area contributed by atoms with Gasteiger partial charge in [0, 0.05) is 17.9 Å². The van der Waals surface area contributed by atoms with Crippen LogP contribution in [0.3, 0.4) is 0 Å². The third kappa shape index (κ3) is 3.85. The molecule has 0 unspecified atom stereocenters. The van der Waals surface area contributed by atoms with Gasteiger partial charge in [-0.25, -0.2) is 5.43 Å². The van der Waals surface area contributed by atoms with Crippen LogP contribution >= 0.6 is 0 Å². The number of carbonyl (C=O) groups excluding carboxylic acids is 1. The topological polar surface area (TPSA) is 69.7 Å². The first kappa shape index (κ1) is 18.7. The van der Waals surface area contributed by atoms with Crippen molar-refractivity contribution in [3.8, 4) is 0 Å². The number of H-pyrrole nitrogens is 1. The smallest absolute Gasteiger partial charge is 0.277 e. The molecule has 2 heterocycles. The molecule has 142 valence electrons. The molecule has 0 aromatic carbocycles. The standard InChI is InChI=1S/C20H30N4O2/c1-5-24(6-2)12-16-14-9-7-8-10-17(14)21-18(16)11-15-19(25)22-23-20(15)26-13(3)4/h11,13,21H,5-10,12H2,1-4H3,(H,22,25)/b15-11-. The van der Waals surface area contributed by atoms with Crippen molar-refractivity contribution in [3.05, 3.63) is 28.1 Å². The molecule has 0 radical (unpaired) electrons. The zero-order valence-corrected chi connectivity index (χ0v) is 16.3. The fourth-order valence-electron chi connectivity index (χ4n) is 3.66. The van der Waals surface area contributed by atoms with Crippen LogP contribution in [0.25, 0.3) is 6.08 Å². The molecule has 3 rings (SSSR count). The van der Waals surface area contributed by atoms with E-state index in [-0.39, 0.29) is 12.0 Å². The lowest BCUT2D eigenvalue weighted by atomic mass is 9.94. The number of hydrogen-bond acceptors (Lipinski definition) is 4. The summed E-state index contributed by atoms with van der Waals surface area (Å²) in [7, 11) is 0. The van der Waals surface area contributed by atoms with Gasteiger partial charge >= 0.3 is 0 Å². The van der Waals surface area contributed by atoms with Gasteiger partial charge in [0.05, 0.1) is 6.10 Å². The molecule has 6 heteroatoms. The molecule has 26 heavy (non-hydrogen) atoms. The number of rotatable bonds is 6. The van der Waals surface area contributed by atoms with Gasteiger partial charge in [0.2, 0.25) is 5.90 Å². The number of aromatic nitrogens is 1. The summed E-state index contributed by atoms with van der Waals surface area (Å²) in [6, 6.07) is 0. The van der Waals surface area contributed by atoms with Crippen LogP contribution in [-0.2, 0) is 28.9 Å². The van der Waals surface area contributed by atoms with E-state index in [1.54, 1.807) is 0 Å². The van der Waals surface area contributed by atoms with Gasteiger partial charge in [0.15, 0.2) is 0 Å². The summed E-state index contributed by atoms with van der Waals surface area (Å²) in [5.41, 5.74) is 8.13. The van der Waals surface area contributed by atoms with Gasteiger partial charge in [0.1, 0.15) is 5.57 Å². The van der Waals surface area contributed by atoms with E-state index < -0.39 is 0 Å². The minimum absolute atomic E-state index is 0.0307. The van der Waals surface area contributed by atoms with Crippen molar-refractivity contribution in [2.45, 2.75) is 66.0 Å². The predicted octanol–water partition coefficient (Wildman–Crippen LogP) is 2.99. The maximum atomic E-state index is 12.3. The molecule has 2 aliphatic rings. The number of carbonyl (C=O) groups is 1. The summed E-state index contributed by atoms with van der Waals surface area (Å²) in [5, 5.41) is 4.04. The van der Waals surface area contributed by atoms with Crippen LogP contribution in [0.15, 0.2) is 10.7 Å². The summed E-state index contributed by atoms with van der Waals surface area (Å²) in [4.78, 5) is 18.3. The van der Waals surface area contributed by atoms with Crippen molar-refractivity contribution in [1.29, 1.82) is 0 Å². The normalized spacial score (nSPS) is 18.5. The van der Waals surface area contributed by atoms with Gasteiger partial charge in [-0.05, 0) is 69.8 Å². The van der Waals surface area contributed by atoms with Crippen molar-refractivity contribution < 1.29 is 9.53 Å². The Morgan fingerprint density at radius 2 is 1.96 bits per heavy atom. The number of amides is 1. The lowest BCUT2D eigenvalue weighted by molar-refractivity contribution is -0.116. The van der Waals surface area contributed by atoms with Crippen molar-refractivity contribution in [2.24, 2.45) is 5.10 Å². The fourth-order valence-corrected chi connectivity index (χ4v) is 3.66. The zero-order chi connectivity index (χ0) is 18.7. The monoisotopic (exact) mass is 358 g/mol. The second-order valence-corrected chi connectivity index (χ2v) is 7.23. The van der Waals surface area contributed by atoms with Gasteiger partial charge in [0.25, 0.3) is 5.91 Å². The van der Waals surface area contributed by atoms with E-state index in [2.05, 4.69) is 34.3 Å². The summed E-state index contributed by atoms with van der Waals surface area (Å²) in [6.07, 6.45) is 6.53. The van der Waals surface area contributed by atoms with Crippen LogP contribution in [0.4, 0.5) is 0 Å². The van der Waals surface area contributed by atoms with Gasteiger partial charge in [-0.3, -0.25) is 9.69 Å². The number of ether oxygens (including phenoxy) is 1. The third-order valence-electron chi connectivity index (χ3n) is 5.09. The summed E-state index contributed by atoms with van der Waals surface area (Å²) < 4.78 is 5.71. The number of fused-ring (bicyclic) bond motifs is 1. The van der Waals surface area contributed by atoms with E-state index >= 15 is 0 Å². The molecule has 1 aromatic heterocycles. The molecule has 0 fully saturated rings. The Kier molecular flexibility index (Phi) is 5.81. The van der Waals surface area contributed by atoms with Crippen molar-refractivity contribution >= 4 is 17.9 Å². The Hall–Kier alpha value is -2.08. The Morgan fingerprint density at radius 1 is 1.23 bits per heavy atom. The third-order valence-corrected chi connectivity index (χ3v) is 5.09. The Balaban J connectivity index is 1.99. The van der Waals surface area contributed by atoms with Gasteiger partial charge in [-0.2, -0.15) is 0 Å². The van der Waals surface area contributed by atoms with Crippen molar-refractivity contribution in [2.75, 3.05) is 13.1 Å². The molecule has 0 saturated carbocycles. The zero-order valence-electron chi connectivity index (χ0n) is 16.3. The van der Waals surface area contributed by atoms with E-state index in [9.17, 15) is 4.79 Å². The minimum Gasteiger partial charge on any atom is -0.473 e. The minimum atomic E-state index is -0.206. The van der Waals surface area contributed by atoms with Crippen molar-refractivity contribution in [1.82, 2.24) is 15.3 Å². The highest BCUT2D eigenvalue weighted by atomic mass is 16.5. The number of nitrogens with one attached hydrogen (secondary N) is 2. The first-order valence-corrected chi connectivity index (χ1v) is 9.75. The average Bonchev–Trinajstić information content (AvgIpc) is 3.14. The molecular weight excluding hydrogens is 328 g/mol. The number of hydrazone groups is 1. The molecular formula is C20H30N4O2. The molecule has 0 saturated heterocycles. The number of aromatic amines is 1. The molecule has 0 atom stereocenters. The Bertz CT molecular complexity index is 726. The second kappa shape index (κ2) is 8.08. The van der Waals surface area contributed by atoms with E-state index in [1.165, 1.54) is 29.7 Å². The lowest BCUT2D eigenvalue weighted by Crippen LogP contribution is -2.23. The van der Waals surface area contributed by atoms with Gasteiger partial charge in [-0.15, -0.1) is 5.10 Å². The summed E-state index contributed by atoms with van der Waals surface area (Å²) in [6.45, 7) is 11.2. The number of aryl methyl sites for hydroxylation is 1. The average molecular weight is 358 g/mol. The number of nitrogens with zero attached hydrogens (tertiary/aromatic N) is 2. The van der Waals surface area contributed by atoms with Crippen LogP contribution in [0, 0.1) is 0 Å². The number of hydrogen-bond donors (Lipinski definition) is 2.